The zero-order valence-corrected chi connectivity index (χ0v) is 18.3. The number of hydrogen-bond donors (Lipinski definition) is 1. The molecular weight excluding hydrogens is 396 g/mol. The predicted octanol–water partition coefficient (Wildman–Crippen LogP) is 2.33. The van der Waals surface area contributed by atoms with Crippen molar-refractivity contribution in [3.8, 4) is 5.75 Å². The van der Waals surface area contributed by atoms with Crippen molar-refractivity contribution in [2.75, 3.05) is 20.3 Å². The van der Waals surface area contributed by atoms with Crippen LogP contribution in [-0.4, -0.2) is 57.5 Å². The first-order chi connectivity index (χ1) is 13.7. The number of sulfonamides is 1. The van der Waals surface area contributed by atoms with Crippen molar-refractivity contribution >= 4 is 21.9 Å². The highest BCUT2D eigenvalue weighted by Crippen LogP contribution is 2.25. The van der Waals surface area contributed by atoms with Crippen molar-refractivity contribution in [2.24, 2.45) is 0 Å². The van der Waals surface area contributed by atoms with Gasteiger partial charge in [-0.3, -0.25) is 4.79 Å². The zero-order valence-electron chi connectivity index (χ0n) is 17.4. The van der Waals surface area contributed by atoms with E-state index in [-0.39, 0.29) is 40.8 Å². The first-order valence-electron chi connectivity index (χ1n) is 9.86. The number of benzene rings is 1. The second-order valence-electron chi connectivity index (χ2n) is 7.36. The molecule has 0 bridgehead atoms. The second kappa shape index (κ2) is 10.1. The first-order valence-corrected chi connectivity index (χ1v) is 11.3. The Labute approximate surface area is 172 Å². The molecule has 0 aliphatic carbocycles. The SMILES string of the molecule is CCC1CCCCN1C(=O)COC(=O)c1ccc(OC)c(S(=O)(=O)NC(C)C)c1. The van der Waals surface area contributed by atoms with Crippen molar-refractivity contribution < 1.29 is 27.5 Å². The van der Waals surface area contributed by atoms with Gasteiger partial charge in [-0.1, -0.05) is 6.92 Å². The Hall–Kier alpha value is -2.13. The van der Waals surface area contributed by atoms with Crippen LogP contribution in [0.3, 0.4) is 0 Å². The van der Waals surface area contributed by atoms with Crippen LogP contribution in [0, 0.1) is 0 Å². The van der Waals surface area contributed by atoms with Gasteiger partial charge in [-0.05, 0) is 57.7 Å². The van der Waals surface area contributed by atoms with Crippen molar-refractivity contribution in [3.05, 3.63) is 23.8 Å². The van der Waals surface area contributed by atoms with E-state index in [4.69, 9.17) is 9.47 Å². The Morgan fingerprint density at radius 2 is 2.00 bits per heavy atom. The molecule has 1 fully saturated rings. The van der Waals surface area contributed by atoms with Crippen LogP contribution in [0.15, 0.2) is 23.1 Å². The van der Waals surface area contributed by atoms with Crippen LogP contribution in [-0.2, 0) is 19.6 Å². The minimum absolute atomic E-state index is 0.0356. The van der Waals surface area contributed by atoms with E-state index in [0.717, 1.165) is 25.7 Å². The molecule has 1 aliphatic rings. The molecule has 0 spiro atoms. The molecule has 1 aromatic carbocycles. The summed E-state index contributed by atoms with van der Waals surface area (Å²) in [5.74, 6) is -0.871. The third-order valence-corrected chi connectivity index (χ3v) is 6.50. The summed E-state index contributed by atoms with van der Waals surface area (Å²) < 4.78 is 37.8. The molecule has 1 N–H and O–H groups in total. The number of carbonyl (C=O) groups excluding carboxylic acids is 2. The summed E-state index contributed by atoms with van der Waals surface area (Å²) in [5.41, 5.74) is 0.0356. The Bertz CT molecular complexity index is 837. The lowest BCUT2D eigenvalue weighted by molar-refractivity contribution is -0.138. The standard InChI is InChI=1S/C20H30N2O6S/c1-5-16-8-6-7-11-22(16)19(23)13-28-20(24)15-9-10-17(27-4)18(12-15)29(25,26)21-14(2)3/h9-10,12,14,16,21H,5-8,11,13H2,1-4H3. The van der Waals surface area contributed by atoms with Gasteiger partial charge in [-0.2, -0.15) is 0 Å². The van der Waals surface area contributed by atoms with Gasteiger partial charge in [0.2, 0.25) is 10.0 Å². The molecule has 8 nitrogen and oxygen atoms in total. The van der Waals surface area contributed by atoms with E-state index in [9.17, 15) is 18.0 Å². The number of likely N-dealkylation sites (tertiary alicyclic amines) is 1. The van der Waals surface area contributed by atoms with E-state index in [2.05, 4.69) is 4.72 Å². The Kier molecular flexibility index (Phi) is 8.04. The lowest BCUT2D eigenvalue weighted by Crippen LogP contribution is -2.45. The Balaban J connectivity index is 2.13. The van der Waals surface area contributed by atoms with Gasteiger partial charge in [-0.15, -0.1) is 0 Å². The maximum absolute atomic E-state index is 12.5. The predicted molar refractivity (Wildman–Crippen MR) is 108 cm³/mol. The largest absolute Gasteiger partial charge is 0.495 e. The molecule has 1 unspecified atom stereocenters. The molecule has 29 heavy (non-hydrogen) atoms. The van der Waals surface area contributed by atoms with Crippen LogP contribution in [0.4, 0.5) is 0 Å². The lowest BCUT2D eigenvalue weighted by atomic mass is 10.00. The van der Waals surface area contributed by atoms with Gasteiger partial charge in [-0.25, -0.2) is 17.9 Å². The molecule has 1 amide bonds. The van der Waals surface area contributed by atoms with E-state index in [1.165, 1.54) is 25.3 Å². The van der Waals surface area contributed by atoms with Crippen LogP contribution in [0.2, 0.25) is 0 Å². The van der Waals surface area contributed by atoms with E-state index in [0.29, 0.717) is 6.54 Å². The molecule has 0 saturated carbocycles. The monoisotopic (exact) mass is 426 g/mol. The summed E-state index contributed by atoms with van der Waals surface area (Å²) in [5, 5.41) is 0. The molecule has 1 aliphatic heterocycles. The van der Waals surface area contributed by atoms with Crippen LogP contribution in [0.5, 0.6) is 5.75 Å². The van der Waals surface area contributed by atoms with Gasteiger partial charge < -0.3 is 14.4 Å². The summed E-state index contributed by atoms with van der Waals surface area (Å²) in [7, 11) is -2.52. The quantitative estimate of drug-likeness (QED) is 0.640. The normalized spacial score (nSPS) is 17.3. The van der Waals surface area contributed by atoms with Gasteiger partial charge in [0.25, 0.3) is 5.91 Å². The number of amides is 1. The van der Waals surface area contributed by atoms with E-state index < -0.39 is 16.0 Å². The third-order valence-electron chi connectivity index (χ3n) is 4.83. The molecule has 1 aromatic rings. The van der Waals surface area contributed by atoms with Crippen LogP contribution < -0.4 is 9.46 Å². The van der Waals surface area contributed by atoms with Gasteiger partial charge in [0.15, 0.2) is 6.61 Å². The van der Waals surface area contributed by atoms with Gasteiger partial charge in [0, 0.05) is 18.6 Å². The van der Waals surface area contributed by atoms with E-state index in [1.54, 1.807) is 18.7 Å². The van der Waals surface area contributed by atoms with Gasteiger partial charge >= 0.3 is 5.97 Å². The molecule has 2 rings (SSSR count). The number of nitrogens with one attached hydrogen (secondary N) is 1. The molecule has 9 heteroatoms. The minimum atomic E-state index is -3.88. The number of esters is 1. The van der Waals surface area contributed by atoms with E-state index in [1.807, 2.05) is 6.92 Å². The maximum Gasteiger partial charge on any atom is 0.338 e. The lowest BCUT2D eigenvalue weighted by Gasteiger charge is -2.35. The highest BCUT2D eigenvalue weighted by atomic mass is 32.2. The molecule has 1 heterocycles. The number of rotatable bonds is 8. The van der Waals surface area contributed by atoms with Crippen LogP contribution in [0.25, 0.3) is 0 Å². The number of carbonyl (C=O) groups is 2. The number of nitrogens with zero attached hydrogens (tertiary/aromatic N) is 1. The number of ether oxygens (including phenoxy) is 2. The molecule has 0 radical (unpaired) electrons. The first kappa shape index (κ1) is 23.2. The van der Waals surface area contributed by atoms with E-state index >= 15 is 0 Å². The van der Waals surface area contributed by atoms with Gasteiger partial charge in [0.05, 0.1) is 12.7 Å². The fourth-order valence-electron chi connectivity index (χ4n) is 3.43. The number of methoxy groups -OCH3 is 1. The molecular formula is C20H30N2O6S. The highest BCUT2D eigenvalue weighted by Gasteiger charge is 2.27. The summed E-state index contributed by atoms with van der Waals surface area (Å²) in [6, 6.07) is 3.86. The summed E-state index contributed by atoms with van der Waals surface area (Å²) >= 11 is 0. The fourth-order valence-corrected chi connectivity index (χ4v) is 4.88. The van der Waals surface area contributed by atoms with Crippen molar-refractivity contribution in [3.63, 3.8) is 0 Å². The van der Waals surface area contributed by atoms with Gasteiger partial charge in [0.1, 0.15) is 10.6 Å². The number of piperidine rings is 1. The Morgan fingerprint density at radius 1 is 1.28 bits per heavy atom. The molecule has 0 aromatic heterocycles. The smallest absolute Gasteiger partial charge is 0.338 e. The zero-order chi connectivity index (χ0) is 21.6. The second-order valence-corrected chi connectivity index (χ2v) is 9.05. The molecule has 1 saturated heterocycles. The highest BCUT2D eigenvalue weighted by molar-refractivity contribution is 7.89. The number of hydrogen-bond acceptors (Lipinski definition) is 6. The molecule has 162 valence electrons. The van der Waals surface area contributed by atoms with Crippen molar-refractivity contribution in [1.29, 1.82) is 0 Å². The average Bonchev–Trinajstić information content (AvgIpc) is 2.70. The third kappa shape index (κ3) is 5.93. The topological polar surface area (TPSA) is 102 Å². The minimum Gasteiger partial charge on any atom is -0.495 e. The summed E-state index contributed by atoms with van der Waals surface area (Å²) in [4.78, 5) is 26.5. The maximum atomic E-state index is 12.5. The summed E-state index contributed by atoms with van der Waals surface area (Å²) in [6.07, 6.45) is 3.86. The Morgan fingerprint density at radius 3 is 2.62 bits per heavy atom. The average molecular weight is 427 g/mol. The summed E-state index contributed by atoms with van der Waals surface area (Å²) in [6.45, 7) is 5.72. The van der Waals surface area contributed by atoms with Crippen LogP contribution >= 0.6 is 0 Å². The fraction of sp³-hybridized carbons (Fsp3) is 0.600. The van der Waals surface area contributed by atoms with Crippen LogP contribution in [0.1, 0.15) is 56.8 Å². The van der Waals surface area contributed by atoms with Crippen molar-refractivity contribution in [2.45, 2.75) is 63.4 Å². The molecule has 1 atom stereocenters. The van der Waals surface area contributed by atoms with Crippen molar-refractivity contribution in [1.82, 2.24) is 9.62 Å².